The van der Waals surface area contributed by atoms with Crippen molar-refractivity contribution in [3.63, 3.8) is 0 Å². The molecule has 0 radical (unpaired) electrons. The molecule has 22 heavy (non-hydrogen) atoms. The second kappa shape index (κ2) is 6.05. The summed E-state index contributed by atoms with van der Waals surface area (Å²) in [6.07, 6.45) is 3.41. The number of fused-ring (bicyclic) bond motifs is 1. The summed E-state index contributed by atoms with van der Waals surface area (Å²) < 4.78 is 10.8. The minimum atomic E-state index is -1.05. The first-order valence-electron chi connectivity index (χ1n) is 6.80. The molecule has 0 unspecified atom stereocenters. The maximum Gasteiger partial charge on any atom is 0.416 e. The molecule has 2 rings (SSSR count). The first kappa shape index (κ1) is 15.8. The third-order valence-electron chi connectivity index (χ3n) is 2.71. The van der Waals surface area contributed by atoms with Gasteiger partial charge in [-0.15, -0.1) is 0 Å². The van der Waals surface area contributed by atoms with Crippen molar-refractivity contribution < 1.29 is 24.2 Å². The summed E-state index contributed by atoms with van der Waals surface area (Å²) >= 11 is 0. The highest BCUT2D eigenvalue weighted by molar-refractivity contribution is 5.89. The molecule has 0 spiro atoms. The Labute approximate surface area is 128 Å². The number of carbonyl (C=O) groups is 2. The molecule has 0 atom stereocenters. The van der Waals surface area contributed by atoms with Gasteiger partial charge in [-0.1, -0.05) is 0 Å². The van der Waals surface area contributed by atoms with Gasteiger partial charge >= 0.3 is 12.1 Å². The van der Waals surface area contributed by atoms with Gasteiger partial charge in [-0.05, 0) is 38.5 Å². The van der Waals surface area contributed by atoms with Crippen LogP contribution >= 0.6 is 0 Å². The first-order chi connectivity index (χ1) is 10.3. The van der Waals surface area contributed by atoms with Crippen LogP contribution in [0.5, 0.6) is 5.75 Å². The zero-order chi connectivity index (χ0) is 16.3. The topological polar surface area (TPSA) is 89.0 Å². The Hall–Kier alpha value is -2.57. The standard InChI is InChI=1S/C15H18N2O5/c1-15(2,3)22-14(20)17-6-7-21-11-8-10(4-5-12(18)19)9-16-13(11)17/h4-5,8-9H,6-7H2,1-3H3,(H,18,19). The molecule has 7 nitrogen and oxygen atoms in total. The van der Waals surface area contributed by atoms with E-state index in [0.717, 1.165) is 6.08 Å². The number of aliphatic carboxylic acids is 1. The summed E-state index contributed by atoms with van der Waals surface area (Å²) in [4.78, 5) is 28.3. The van der Waals surface area contributed by atoms with E-state index in [2.05, 4.69) is 4.98 Å². The number of hydrogen-bond donors (Lipinski definition) is 1. The lowest BCUT2D eigenvalue weighted by atomic mass is 10.2. The van der Waals surface area contributed by atoms with E-state index in [-0.39, 0.29) is 0 Å². The van der Waals surface area contributed by atoms with E-state index < -0.39 is 17.7 Å². The zero-order valence-electron chi connectivity index (χ0n) is 12.7. The Kier molecular flexibility index (Phi) is 4.35. The molecule has 1 aliphatic rings. The summed E-state index contributed by atoms with van der Waals surface area (Å²) in [5, 5.41) is 8.63. The Bertz CT molecular complexity index is 619. The first-order valence-corrected chi connectivity index (χ1v) is 6.80. The lowest BCUT2D eigenvalue weighted by Crippen LogP contribution is -2.42. The number of carbonyl (C=O) groups excluding carboxylic acids is 1. The molecule has 1 aromatic heterocycles. The van der Waals surface area contributed by atoms with Crippen molar-refractivity contribution in [3.8, 4) is 5.75 Å². The fourth-order valence-electron chi connectivity index (χ4n) is 1.87. The molecule has 118 valence electrons. The quantitative estimate of drug-likeness (QED) is 0.843. The Morgan fingerprint density at radius 1 is 1.45 bits per heavy atom. The van der Waals surface area contributed by atoms with Crippen molar-refractivity contribution in [3.05, 3.63) is 23.9 Å². The fourth-order valence-corrected chi connectivity index (χ4v) is 1.87. The number of anilines is 1. The van der Waals surface area contributed by atoms with Crippen LogP contribution in [0.2, 0.25) is 0 Å². The van der Waals surface area contributed by atoms with Gasteiger partial charge in [-0.25, -0.2) is 14.6 Å². The molecule has 1 aromatic rings. The van der Waals surface area contributed by atoms with Crippen LogP contribution in [0.1, 0.15) is 26.3 Å². The van der Waals surface area contributed by atoms with Crippen LogP contribution in [0.15, 0.2) is 18.3 Å². The van der Waals surface area contributed by atoms with Crippen LogP contribution in [-0.4, -0.2) is 40.9 Å². The minimum Gasteiger partial charge on any atom is -0.488 e. The number of aromatic nitrogens is 1. The highest BCUT2D eigenvalue weighted by Gasteiger charge is 2.29. The number of amides is 1. The van der Waals surface area contributed by atoms with Crippen molar-refractivity contribution in [2.45, 2.75) is 26.4 Å². The predicted molar refractivity (Wildman–Crippen MR) is 80.0 cm³/mol. The number of carboxylic acid groups (broad SMARTS) is 1. The molecule has 1 N–H and O–H groups in total. The van der Waals surface area contributed by atoms with Crippen LogP contribution in [-0.2, 0) is 9.53 Å². The maximum absolute atomic E-state index is 12.2. The molecule has 0 saturated carbocycles. The van der Waals surface area contributed by atoms with E-state index in [0.29, 0.717) is 30.3 Å². The van der Waals surface area contributed by atoms with E-state index in [4.69, 9.17) is 14.6 Å². The summed E-state index contributed by atoms with van der Waals surface area (Å²) in [5.74, 6) is -0.258. The molecule has 0 fully saturated rings. The largest absolute Gasteiger partial charge is 0.488 e. The van der Waals surface area contributed by atoms with Gasteiger partial charge in [-0.3, -0.25) is 4.90 Å². The molecular formula is C15H18N2O5. The number of nitrogens with zero attached hydrogens (tertiary/aromatic N) is 2. The average molecular weight is 306 g/mol. The van der Waals surface area contributed by atoms with Gasteiger partial charge in [0.15, 0.2) is 11.6 Å². The predicted octanol–water partition coefficient (Wildman–Crippen LogP) is 2.31. The Morgan fingerprint density at radius 2 is 2.18 bits per heavy atom. The van der Waals surface area contributed by atoms with Crippen molar-refractivity contribution in [2.75, 3.05) is 18.1 Å². The number of pyridine rings is 1. The third-order valence-corrected chi connectivity index (χ3v) is 2.71. The van der Waals surface area contributed by atoms with Crippen LogP contribution in [0, 0.1) is 0 Å². The molecule has 0 aromatic carbocycles. The van der Waals surface area contributed by atoms with Gasteiger partial charge in [0.05, 0.1) is 6.54 Å². The molecule has 1 amide bonds. The molecule has 7 heteroatoms. The van der Waals surface area contributed by atoms with Crippen molar-refractivity contribution in [2.24, 2.45) is 0 Å². The molecular weight excluding hydrogens is 288 g/mol. The Morgan fingerprint density at radius 3 is 2.82 bits per heavy atom. The van der Waals surface area contributed by atoms with Crippen LogP contribution in [0.25, 0.3) is 6.08 Å². The SMILES string of the molecule is CC(C)(C)OC(=O)N1CCOc2cc(C=CC(=O)O)cnc21. The molecule has 0 saturated heterocycles. The van der Waals surface area contributed by atoms with Crippen molar-refractivity contribution >= 4 is 24.0 Å². The molecule has 0 aliphatic carbocycles. The van der Waals surface area contributed by atoms with E-state index in [1.807, 2.05) is 0 Å². The highest BCUT2D eigenvalue weighted by atomic mass is 16.6. The molecule has 2 heterocycles. The zero-order valence-corrected chi connectivity index (χ0v) is 12.7. The van der Waals surface area contributed by atoms with E-state index >= 15 is 0 Å². The van der Waals surface area contributed by atoms with Gasteiger partial charge in [0.2, 0.25) is 0 Å². The normalized spacial score (nSPS) is 14.4. The second-order valence-corrected chi connectivity index (χ2v) is 5.74. The van der Waals surface area contributed by atoms with Crippen LogP contribution < -0.4 is 9.64 Å². The van der Waals surface area contributed by atoms with Crippen molar-refractivity contribution in [1.29, 1.82) is 0 Å². The summed E-state index contributed by atoms with van der Waals surface area (Å²) in [7, 11) is 0. The monoisotopic (exact) mass is 306 g/mol. The van der Waals surface area contributed by atoms with Gasteiger partial charge in [0.1, 0.15) is 12.2 Å². The van der Waals surface area contributed by atoms with Crippen LogP contribution in [0.4, 0.5) is 10.6 Å². The average Bonchev–Trinajstić information content (AvgIpc) is 2.42. The summed E-state index contributed by atoms with van der Waals surface area (Å²) in [5.41, 5.74) is -0.0214. The lowest BCUT2D eigenvalue weighted by Gasteiger charge is -2.30. The minimum absolute atomic E-state index is 0.319. The number of carboxylic acids is 1. The van der Waals surface area contributed by atoms with Gasteiger partial charge in [-0.2, -0.15) is 0 Å². The van der Waals surface area contributed by atoms with Crippen LogP contribution in [0.3, 0.4) is 0 Å². The molecule has 0 bridgehead atoms. The molecule has 1 aliphatic heterocycles. The lowest BCUT2D eigenvalue weighted by molar-refractivity contribution is -0.131. The van der Waals surface area contributed by atoms with Gasteiger partial charge in [0, 0.05) is 12.3 Å². The van der Waals surface area contributed by atoms with E-state index in [1.54, 1.807) is 26.8 Å². The van der Waals surface area contributed by atoms with Gasteiger partial charge < -0.3 is 14.6 Å². The van der Waals surface area contributed by atoms with Crippen molar-refractivity contribution in [1.82, 2.24) is 4.98 Å². The number of rotatable bonds is 2. The number of ether oxygens (including phenoxy) is 2. The third kappa shape index (κ3) is 3.97. The second-order valence-electron chi connectivity index (χ2n) is 5.74. The highest BCUT2D eigenvalue weighted by Crippen LogP contribution is 2.31. The fraction of sp³-hybridized carbons (Fsp3) is 0.400. The van der Waals surface area contributed by atoms with E-state index in [9.17, 15) is 9.59 Å². The summed E-state index contributed by atoms with van der Waals surface area (Å²) in [6.45, 7) is 6.04. The summed E-state index contributed by atoms with van der Waals surface area (Å²) in [6, 6.07) is 1.64. The Balaban J connectivity index is 2.24. The maximum atomic E-state index is 12.2. The smallest absolute Gasteiger partial charge is 0.416 e. The van der Waals surface area contributed by atoms with E-state index in [1.165, 1.54) is 17.2 Å². The van der Waals surface area contributed by atoms with Gasteiger partial charge in [0.25, 0.3) is 0 Å². The number of hydrogen-bond acceptors (Lipinski definition) is 5.